The number of nitrogens with two attached hydrogens (primary N) is 1. The lowest BCUT2D eigenvalue weighted by atomic mass is 10.2. The van der Waals surface area contributed by atoms with Crippen molar-refractivity contribution >= 4 is 28.7 Å². The maximum atomic E-state index is 5.99. The molecule has 8 heteroatoms. The Morgan fingerprint density at radius 1 is 1.14 bits per heavy atom. The summed E-state index contributed by atoms with van der Waals surface area (Å²) in [5.74, 6) is 1.45. The first kappa shape index (κ1) is 13.7. The van der Waals surface area contributed by atoms with Gasteiger partial charge in [-0.05, 0) is 18.7 Å². The highest BCUT2D eigenvalue weighted by molar-refractivity contribution is 7.99. The number of anilines is 1. The van der Waals surface area contributed by atoms with Crippen molar-refractivity contribution in [2.24, 2.45) is 0 Å². The molecule has 0 saturated heterocycles. The van der Waals surface area contributed by atoms with Crippen LogP contribution in [0, 0.1) is 6.92 Å². The summed E-state index contributed by atoms with van der Waals surface area (Å²) in [6.07, 6.45) is 3.10. The molecule has 0 radical (unpaired) electrons. The molecule has 0 spiro atoms. The zero-order chi connectivity index (χ0) is 15.0. The molecule has 7 nitrogen and oxygen atoms in total. The van der Waals surface area contributed by atoms with E-state index in [1.54, 1.807) is 6.33 Å². The van der Waals surface area contributed by atoms with Crippen LogP contribution in [0.1, 0.15) is 31.2 Å². The summed E-state index contributed by atoms with van der Waals surface area (Å²) >= 11 is 1.44. The SMILES string of the molecule is Cc1c(N)nc(C(C)C)nc1Sc1ncnc2nc[nH]c12. The fourth-order valence-corrected chi connectivity index (χ4v) is 2.73. The van der Waals surface area contributed by atoms with Crippen LogP contribution in [0.25, 0.3) is 11.2 Å². The average Bonchev–Trinajstić information content (AvgIpc) is 2.92. The van der Waals surface area contributed by atoms with Crippen LogP contribution in [0.3, 0.4) is 0 Å². The van der Waals surface area contributed by atoms with Crippen LogP contribution < -0.4 is 5.73 Å². The summed E-state index contributed by atoms with van der Waals surface area (Å²) in [6.45, 7) is 5.99. The number of nitrogens with zero attached hydrogens (tertiary/aromatic N) is 5. The smallest absolute Gasteiger partial charge is 0.181 e. The summed E-state index contributed by atoms with van der Waals surface area (Å²) in [7, 11) is 0. The molecule has 0 unspecified atom stereocenters. The maximum absolute atomic E-state index is 5.99. The zero-order valence-electron chi connectivity index (χ0n) is 12.0. The van der Waals surface area contributed by atoms with E-state index in [9.17, 15) is 0 Å². The highest BCUT2D eigenvalue weighted by Crippen LogP contribution is 2.32. The molecule has 0 amide bonds. The average molecular weight is 301 g/mol. The number of imidazole rings is 1. The Kier molecular flexibility index (Phi) is 3.46. The van der Waals surface area contributed by atoms with Gasteiger partial charge in [-0.15, -0.1) is 0 Å². The Hall–Kier alpha value is -2.22. The van der Waals surface area contributed by atoms with Crippen LogP contribution in [-0.2, 0) is 0 Å². The van der Waals surface area contributed by atoms with Gasteiger partial charge < -0.3 is 10.7 Å². The highest BCUT2D eigenvalue weighted by atomic mass is 32.2. The van der Waals surface area contributed by atoms with Gasteiger partial charge in [-0.2, -0.15) is 0 Å². The maximum Gasteiger partial charge on any atom is 0.181 e. The number of nitrogens with one attached hydrogen (secondary N) is 1. The van der Waals surface area contributed by atoms with Crippen LogP contribution in [0.2, 0.25) is 0 Å². The fraction of sp³-hybridized carbons (Fsp3) is 0.308. The number of aromatic nitrogens is 6. The van der Waals surface area contributed by atoms with Crippen molar-refractivity contribution in [1.82, 2.24) is 29.9 Å². The predicted octanol–water partition coefficient (Wildman–Crippen LogP) is 2.31. The number of rotatable bonds is 3. The Morgan fingerprint density at radius 3 is 2.71 bits per heavy atom. The molecular weight excluding hydrogens is 286 g/mol. The minimum atomic E-state index is 0.213. The largest absolute Gasteiger partial charge is 0.383 e. The van der Waals surface area contributed by atoms with Gasteiger partial charge in [0.15, 0.2) is 5.65 Å². The molecule has 3 aromatic heterocycles. The first-order valence-electron chi connectivity index (χ1n) is 6.52. The molecule has 0 aliphatic rings. The van der Waals surface area contributed by atoms with Crippen LogP contribution in [0.4, 0.5) is 5.82 Å². The number of hydrogen-bond donors (Lipinski definition) is 2. The van der Waals surface area contributed by atoms with Gasteiger partial charge in [0, 0.05) is 11.5 Å². The van der Waals surface area contributed by atoms with Crippen molar-refractivity contribution in [2.45, 2.75) is 36.7 Å². The van der Waals surface area contributed by atoms with Crippen molar-refractivity contribution in [3.05, 3.63) is 24.0 Å². The minimum Gasteiger partial charge on any atom is -0.383 e. The van der Waals surface area contributed by atoms with Crippen LogP contribution in [0.15, 0.2) is 22.7 Å². The van der Waals surface area contributed by atoms with Crippen molar-refractivity contribution in [3.8, 4) is 0 Å². The van der Waals surface area contributed by atoms with Gasteiger partial charge in [0.05, 0.1) is 6.33 Å². The van der Waals surface area contributed by atoms with Crippen LogP contribution in [0.5, 0.6) is 0 Å². The van der Waals surface area contributed by atoms with Gasteiger partial charge in [0.25, 0.3) is 0 Å². The van der Waals surface area contributed by atoms with Gasteiger partial charge in [-0.25, -0.2) is 24.9 Å². The first-order chi connectivity index (χ1) is 10.1. The van der Waals surface area contributed by atoms with Gasteiger partial charge in [-0.3, -0.25) is 0 Å². The molecule has 3 N–H and O–H groups in total. The minimum absolute atomic E-state index is 0.213. The van der Waals surface area contributed by atoms with Crippen molar-refractivity contribution in [2.75, 3.05) is 5.73 Å². The number of aromatic amines is 1. The van der Waals surface area contributed by atoms with Crippen molar-refractivity contribution < 1.29 is 0 Å². The van der Waals surface area contributed by atoms with E-state index in [2.05, 4.69) is 29.9 Å². The van der Waals surface area contributed by atoms with Crippen molar-refractivity contribution in [1.29, 1.82) is 0 Å². The van der Waals surface area contributed by atoms with E-state index >= 15 is 0 Å². The Labute approximate surface area is 125 Å². The molecule has 0 bridgehead atoms. The normalized spacial score (nSPS) is 11.4. The van der Waals surface area contributed by atoms with E-state index in [0.29, 0.717) is 11.5 Å². The molecule has 0 aliphatic heterocycles. The summed E-state index contributed by atoms with van der Waals surface area (Å²) in [5.41, 5.74) is 8.28. The number of H-pyrrole nitrogens is 1. The molecular formula is C13H15N7S. The first-order valence-corrected chi connectivity index (χ1v) is 7.34. The predicted molar refractivity (Wildman–Crippen MR) is 81.1 cm³/mol. The second-order valence-corrected chi connectivity index (χ2v) is 5.91. The molecule has 3 heterocycles. The fourth-order valence-electron chi connectivity index (χ4n) is 1.80. The van der Waals surface area contributed by atoms with E-state index in [1.807, 2.05) is 20.8 Å². The summed E-state index contributed by atoms with van der Waals surface area (Å²) in [6, 6.07) is 0. The number of hydrogen-bond acceptors (Lipinski definition) is 7. The second-order valence-electron chi connectivity index (χ2n) is 4.93. The van der Waals surface area contributed by atoms with Gasteiger partial charge in [-0.1, -0.05) is 13.8 Å². The van der Waals surface area contributed by atoms with Gasteiger partial charge in [0.2, 0.25) is 0 Å². The topological polar surface area (TPSA) is 106 Å². The summed E-state index contributed by atoms with van der Waals surface area (Å²) < 4.78 is 0. The molecule has 3 aromatic rings. The molecule has 21 heavy (non-hydrogen) atoms. The zero-order valence-corrected chi connectivity index (χ0v) is 12.8. The summed E-state index contributed by atoms with van der Waals surface area (Å²) in [4.78, 5) is 24.5. The quantitative estimate of drug-likeness (QED) is 0.715. The third kappa shape index (κ3) is 2.54. The molecule has 0 fully saturated rings. The lowest BCUT2D eigenvalue weighted by Crippen LogP contribution is -2.05. The standard InChI is InChI=1S/C13H15N7S/c1-6(2)10-19-9(14)7(3)12(20-10)21-13-8-11(16-4-15-8)17-5-18-13/h4-6H,1-3H3,(H2,14,19,20)(H,15,16,17,18). The number of fused-ring (bicyclic) bond motifs is 1. The lowest BCUT2D eigenvalue weighted by Gasteiger charge is -2.11. The van der Waals surface area contributed by atoms with Crippen molar-refractivity contribution in [3.63, 3.8) is 0 Å². The highest BCUT2D eigenvalue weighted by Gasteiger charge is 2.15. The Balaban J connectivity index is 2.07. The van der Waals surface area contributed by atoms with E-state index < -0.39 is 0 Å². The van der Waals surface area contributed by atoms with E-state index in [-0.39, 0.29) is 5.92 Å². The Morgan fingerprint density at radius 2 is 1.95 bits per heavy atom. The van der Waals surface area contributed by atoms with Crippen LogP contribution in [-0.4, -0.2) is 29.9 Å². The van der Waals surface area contributed by atoms with E-state index in [1.165, 1.54) is 18.1 Å². The molecule has 0 saturated carbocycles. The molecule has 0 aromatic carbocycles. The third-order valence-corrected chi connectivity index (χ3v) is 4.15. The lowest BCUT2D eigenvalue weighted by molar-refractivity contribution is 0.751. The van der Waals surface area contributed by atoms with Gasteiger partial charge in [0.1, 0.15) is 33.5 Å². The van der Waals surface area contributed by atoms with E-state index in [4.69, 9.17) is 5.73 Å². The summed E-state index contributed by atoms with van der Waals surface area (Å²) in [5, 5.41) is 1.58. The Bertz CT molecular complexity index is 796. The van der Waals surface area contributed by atoms with E-state index in [0.717, 1.165) is 27.0 Å². The molecule has 108 valence electrons. The second kappa shape index (κ2) is 5.28. The molecule has 3 rings (SSSR count). The van der Waals surface area contributed by atoms with Crippen LogP contribution >= 0.6 is 11.8 Å². The molecule has 0 aliphatic carbocycles. The third-order valence-electron chi connectivity index (χ3n) is 3.05. The monoisotopic (exact) mass is 301 g/mol. The molecule has 0 atom stereocenters. The number of nitrogen functional groups attached to an aromatic ring is 1. The van der Waals surface area contributed by atoms with Gasteiger partial charge >= 0.3 is 0 Å².